The standard InChI is InChI=1S/C27H29NO4/c29-24-21-20(19-13-31-26(24)32-19)23(28-6-5-17-3-1-2-4-18(17)22(21)28)25(30)27-10-14-7-15(11-27)9-16(8-14)12-27/h1-6,14-16,19-23,26H,7-13H2/p+1/t14?,15?,16?,19-,20-,21+,22+,23-,26-,27?/m1/s1. The highest BCUT2D eigenvalue weighted by atomic mass is 16.7. The van der Waals surface area contributed by atoms with E-state index in [9.17, 15) is 9.59 Å². The molecule has 7 fully saturated rings. The highest BCUT2D eigenvalue weighted by Crippen LogP contribution is 2.61. The molecule has 5 heteroatoms. The number of carbonyl (C=O) groups is 2. The zero-order chi connectivity index (χ0) is 21.2. The average Bonchev–Trinajstić information content (AvgIpc) is 3.37. The third-order valence-corrected chi connectivity index (χ3v) is 10.2. The summed E-state index contributed by atoms with van der Waals surface area (Å²) in [5.41, 5.74) is 2.21. The Morgan fingerprint density at radius 2 is 1.75 bits per heavy atom. The van der Waals surface area contributed by atoms with Crippen molar-refractivity contribution >= 4 is 17.6 Å². The van der Waals surface area contributed by atoms with Crippen molar-refractivity contribution in [2.75, 3.05) is 6.61 Å². The molecule has 4 aliphatic heterocycles. The maximum Gasteiger partial charge on any atom is 0.218 e. The number of ketones is 2. The molecule has 1 aromatic rings. The van der Waals surface area contributed by atoms with Crippen LogP contribution in [0.5, 0.6) is 0 Å². The number of fused-ring (bicyclic) bond motifs is 8. The van der Waals surface area contributed by atoms with Crippen LogP contribution in [0.15, 0.2) is 30.5 Å². The summed E-state index contributed by atoms with van der Waals surface area (Å²) in [4.78, 5) is 29.4. The maximum atomic E-state index is 14.6. The van der Waals surface area contributed by atoms with E-state index in [1.54, 1.807) is 0 Å². The van der Waals surface area contributed by atoms with Crippen LogP contribution in [-0.2, 0) is 19.1 Å². The van der Waals surface area contributed by atoms with Crippen LogP contribution in [-0.4, -0.2) is 36.6 Å². The SMILES string of the molecule is O=C1[C@@H]2OC[C@@H](O2)[C@@H]2[C@H]1[C@@H]1c3ccccc3C=C[NH+]1[C@H]2C(=O)C12CC3CC(CC(C3)C1)C2. The summed E-state index contributed by atoms with van der Waals surface area (Å²) in [6.45, 7) is 0.438. The van der Waals surface area contributed by atoms with E-state index < -0.39 is 6.29 Å². The minimum absolute atomic E-state index is 0.00726. The Hall–Kier alpha value is -1.82. The predicted molar refractivity (Wildman–Crippen MR) is 115 cm³/mol. The van der Waals surface area contributed by atoms with Crippen LogP contribution in [0.2, 0.25) is 0 Å². The average molecular weight is 433 g/mol. The van der Waals surface area contributed by atoms with Gasteiger partial charge in [0.25, 0.3) is 0 Å². The third kappa shape index (κ3) is 2.25. The lowest BCUT2D eigenvalue weighted by Gasteiger charge is -2.56. The normalized spacial score (nSPS) is 51.4. The Labute approximate surface area is 188 Å². The number of hydrogen-bond donors (Lipinski definition) is 1. The second kappa shape index (κ2) is 6.19. The fraction of sp³-hybridized carbons (Fsp3) is 0.630. The predicted octanol–water partition coefficient (Wildman–Crippen LogP) is 2.32. The van der Waals surface area contributed by atoms with Gasteiger partial charge in [0.05, 0.1) is 30.7 Å². The smallest absolute Gasteiger partial charge is 0.218 e. The van der Waals surface area contributed by atoms with E-state index in [0.717, 1.165) is 37.0 Å². The van der Waals surface area contributed by atoms with Crippen molar-refractivity contribution < 1.29 is 24.0 Å². The first-order valence-corrected chi connectivity index (χ1v) is 12.6. The monoisotopic (exact) mass is 432 g/mol. The molecule has 3 saturated heterocycles. The number of nitrogens with one attached hydrogen (secondary N) is 1. The number of hydrogen-bond acceptors (Lipinski definition) is 4. The summed E-state index contributed by atoms with van der Waals surface area (Å²) in [6, 6.07) is 8.18. The van der Waals surface area contributed by atoms with Gasteiger partial charge >= 0.3 is 0 Å². The minimum Gasteiger partial charge on any atom is -0.343 e. The van der Waals surface area contributed by atoms with E-state index in [4.69, 9.17) is 9.47 Å². The number of benzene rings is 1. The number of Topliss-reactive ketones (excluding diaryl/α,β-unsaturated/α-hetero) is 2. The summed E-state index contributed by atoms with van der Waals surface area (Å²) in [6.07, 6.45) is 10.7. The van der Waals surface area contributed by atoms with Crippen LogP contribution in [0.4, 0.5) is 0 Å². The van der Waals surface area contributed by atoms with Crippen molar-refractivity contribution in [3.05, 3.63) is 41.6 Å². The van der Waals surface area contributed by atoms with Gasteiger partial charge < -0.3 is 9.47 Å². The Bertz CT molecular complexity index is 1030. The highest BCUT2D eigenvalue weighted by molar-refractivity contribution is 5.93. The van der Waals surface area contributed by atoms with E-state index in [2.05, 4.69) is 36.5 Å². The summed E-state index contributed by atoms with van der Waals surface area (Å²) < 4.78 is 11.8. The molecule has 1 N–H and O–H groups in total. The van der Waals surface area contributed by atoms with Gasteiger partial charge in [-0.3, -0.25) is 14.5 Å². The number of rotatable bonds is 2. The second-order valence-corrected chi connectivity index (χ2v) is 11.8. The Balaban J connectivity index is 1.26. The lowest BCUT2D eigenvalue weighted by molar-refractivity contribution is -0.885. The van der Waals surface area contributed by atoms with Crippen molar-refractivity contribution in [2.24, 2.45) is 35.0 Å². The van der Waals surface area contributed by atoms with Gasteiger partial charge in [-0.1, -0.05) is 24.3 Å². The van der Waals surface area contributed by atoms with E-state index in [1.165, 1.54) is 35.3 Å². The quantitative estimate of drug-likeness (QED) is 0.779. The second-order valence-electron chi connectivity index (χ2n) is 11.8. The zero-order valence-corrected chi connectivity index (χ0v) is 18.2. The van der Waals surface area contributed by atoms with Crippen LogP contribution in [0.1, 0.15) is 55.7 Å². The minimum atomic E-state index is -0.742. The van der Waals surface area contributed by atoms with Gasteiger partial charge in [-0.05, 0) is 67.9 Å². The molecule has 9 rings (SSSR count). The molecule has 0 aromatic heterocycles. The molecular formula is C27H30NO4+. The van der Waals surface area contributed by atoms with Crippen molar-refractivity contribution in [2.45, 2.75) is 63.0 Å². The van der Waals surface area contributed by atoms with E-state index in [0.29, 0.717) is 12.4 Å². The maximum absolute atomic E-state index is 14.6. The van der Waals surface area contributed by atoms with Crippen LogP contribution >= 0.6 is 0 Å². The largest absolute Gasteiger partial charge is 0.343 e. The van der Waals surface area contributed by atoms with Gasteiger partial charge in [0, 0.05) is 11.0 Å². The molecule has 0 spiro atoms. The lowest BCUT2D eigenvalue weighted by Crippen LogP contribution is -3.12. The Kier molecular flexibility index (Phi) is 3.60. The van der Waals surface area contributed by atoms with Gasteiger partial charge in [-0.25, -0.2) is 0 Å². The van der Waals surface area contributed by atoms with Gasteiger partial charge in [0.2, 0.25) is 6.29 Å². The molecule has 4 saturated carbocycles. The molecule has 1 unspecified atom stereocenters. The van der Waals surface area contributed by atoms with Gasteiger partial charge in [0.1, 0.15) is 6.04 Å². The zero-order valence-electron chi connectivity index (χ0n) is 18.2. The molecule has 6 bridgehead atoms. The number of quaternary nitrogens is 1. The molecule has 5 nitrogen and oxygen atoms in total. The molecule has 0 amide bonds. The Morgan fingerprint density at radius 1 is 1.03 bits per heavy atom. The molecular weight excluding hydrogens is 402 g/mol. The molecule has 4 heterocycles. The molecule has 8 aliphatic rings. The molecule has 4 aliphatic carbocycles. The number of ether oxygens (including phenoxy) is 2. The molecule has 166 valence electrons. The first-order valence-electron chi connectivity index (χ1n) is 12.6. The lowest BCUT2D eigenvalue weighted by atomic mass is 9.47. The summed E-state index contributed by atoms with van der Waals surface area (Å²) >= 11 is 0. The first kappa shape index (κ1) is 18.6. The van der Waals surface area contributed by atoms with Gasteiger partial charge in [0.15, 0.2) is 17.6 Å². The topological polar surface area (TPSA) is 57.0 Å². The molecule has 32 heavy (non-hydrogen) atoms. The fourth-order valence-electron chi connectivity index (χ4n) is 9.56. The van der Waals surface area contributed by atoms with Gasteiger partial charge in [-0.15, -0.1) is 0 Å². The molecule has 7 atom stereocenters. The third-order valence-electron chi connectivity index (χ3n) is 10.2. The van der Waals surface area contributed by atoms with Crippen molar-refractivity contribution in [3.63, 3.8) is 0 Å². The van der Waals surface area contributed by atoms with Crippen LogP contribution in [0, 0.1) is 35.0 Å². The Morgan fingerprint density at radius 3 is 2.50 bits per heavy atom. The summed E-state index contributed by atoms with van der Waals surface area (Å²) in [5.74, 6) is 2.40. The molecule has 0 radical (unpaired) electrons. The number of carbonyl (C=O) groups excluding carboxylic acids is 2. The van der Waals surface area contributed by atoms with Crippen molar-refractivity contribution in [1.82, 2.24) is 0 Å². The van der Waals surface area contributed by atoms with Crippen molar-refractivity contribution in [1.29, 1.82) is 0 Å². The highest BCUT2D eigenvalue weighted by Gasteiger charge is 2.69. The fourth-order valence-corrected chi connectivity index (χ4v) is 9.56. The van der Waals surface area contributed by atoms with E-state index >= 15 is 0 Å². The van der Waals surface area contributed by atoms with Crippen molar-refractivity contribution in [3.8, 4) is 0 Å². The first-order chi connectivity index (χ1) is 15.6. The molecule has 1 aromatic carbocycles. The van der Waals surface area contributed by atoms with Crippen LogP contribution < -0.4 is 4.90 Å². The van der Waals surface area contributed by atoms with Crippen LogP contribution in [0.25, 0.3) is 6.08 Å². The summed E-state index contributed by atoms with van der Waals surface area (Å²) in [5, 5.41) is 0. The summed E-state index contributed by atoms with van der Waals surface area (Å²) in [7, 11) is 0. The van der Waals surface area contributed by atoms with Gasteiger partial charge in [-0.2, -0.15) is 0 Å². The van der Waals surface area contributed by atoms with Crippen LogP contribution in [0.3, 0.4) is 0 Å². The van der Waals surface area contributed by atoms with E-state index in [1.807, 2.05) is 0 Å². The van der Waals surface area contributed by atoms with E-state index in [-0.39, 0.29) is 41.2 Å².